The van der Waals surface area contributed by atoms with Gasteiger partial charge >= 0.3 is 0 Å². The minimum atomic E-state index is -0.225. The fraction of sp³-hybridized carbons (Fsp3) is 0.429. The number of likely N-dealkylation sites (tertiary alicyclic amines) is 2. The predicted molar refractivity (Wildman–Crippen MR) is 175 cm³/mol. The molecule has 0 aliphatic carbocycles. The quantitative estimate of drug-likeness (QED) is 0.331. The molecule has 3 aromatic carbocycles. The van der Waals surface area contributed by atoms with Crippen molar-refractivity contribution in [2.75, 3.05) is 26.2 Å². The largest absolute Gasteiger partial charge is 0.350 e. The van der Waals surface area contributed by atoms with Gasteiger partial charge in [-0.1, -0.05) is 72.3 Å². The first-order valence-electron chi connectivity index (χ1n) is 15.4. The predicted octanol–water partition coefficient (Wildman–Crippen LogP) is 5.51. The number of hydrogen-bond acceptors (Lipinski definition) is 4. The van der Waals surface area contributed by atoms with E-state index in [1.807, 2.05) is 17.0 Å². The number of piperidine rings is 1. The summed E-state index contributed by atoms with van der Waals surface area (Å²) in [5.41, 5.74) is 6.39. The highest BCUT2D eigenvalue weighted by Crippen LogP contribution is 2.32. The van der Waals surface area contributed by atoms with Gasteiger partial charge in [-0.3, -0.25) is 9.59 Å². The molecule has 2 atom stereocenters. The van der Waals surface area contributed by atoms with Crippen molar-refractivity contribution in [2.24, 2.45) is 0 Å². The summed E-state index contributed by atoms with van der Waals surface area (Å²) in [6.45, 7) is 5.11. The molecule has 6 rings (SSSR count). The second-order valence-electron chi connectivity index (χ2n) is 12.1. The van der Waals surface area contributed by atoms with Crippen LogP contribution in [0.2, 0.25) is 5.02 Å². The molecule has 2 N–H and O–H groups in total. The van der Waals surface area contributed by atoms with Crippen LogP contribution in [0, 0.1) is 0 Å². The first kappa shape index (κ1) is 31.5. The van der Waals surface area contributed by atoms with Crippen LogP contribution in [0.4, 0.5) is 0 Å². The zero-order chi connectivity index (χ0) is 28.9. The molecule has 2 amide bonds. The van der Waals surface area contributed by atoms with Crippen molar-refractivity contribution in [1.82, 2.24) is 20.4 Å². The van der Waals surface area contributed by atoms with Crippen LogP contribution in [-0.2, 0) is 35.5 Å². The Morgan fingerprint density at radius 1 is 0.953 bits per heavy atom. The lowest BCUT2D eigenvalue weighted by Crippen LogP contribution is -2.54. The molecule has 0 aromatic heterocycles. The zero-order valence-corrected chi connectivity index (χ0v) is 26.2. The van der Waals surface area contributed by atoms with Crippen LogP contribution in [0.5, 0.6) is 0 Å². The summed E-state index contributed by atoms with van der Waals surface area (Å²) in [4.78, 5) is 30.3. The van der Waals surface area contributed by atoms with E-state index < -0.39 is 0 Å². The summed E-state index contributed by atoms with van der Waals surface area (Å²) >= 11 is 6.16. The normalized spacial score (nSPS) is 19.9. The average Bonchev–Trinajstić information content (AvgIpc) is 3.42. The third-order valence-corrected chi connectivity index (χ3v) is 9.49. The van der Waals surface area contributed by atoms with E-state index in [1.165, 1.54) is 27.8 Å². The summed E-state index contributed by atoms with van der Waals surface area (Å²) in [5.74, 6) is 0.843. The maximum Gasteiger partial charge on any atom is 0.237 e. The Kier molecular flexibility index (Phi) is 10.8. The van der Waals surface area contributed by atoms with Gasteiger partial charge in [0, 0.05) is 43.7 Å². The molecular weight excluding hydrogens is 579 g/mol. The standard InChI is InChI=1S/C35H41ClN4O2.ClH/c36-30-13-11-25(12-14-30)20-31(38-35(42)33-21-27-6-1-2-7-28(27)22-37-33)24-39-18-15-26(16-19-39)32-9-4-3-8-29(32)23-40-17-5-10-34(40)41;/h1-4,6-9,11-14,26,31,33,37H,5,10,15-24H2,(H,38,42);1H/t31-,33-;/m1./s1. The van der Waals surface area contributed by atoms with Crippen LogP contribution < -0.4 is 10.6 Å². The topological polar surface area (TPSA) is 64.7 Å². The minimum Gasteiger partial charge on any atom is -0.350 e. The lowest BCUT2D eigenvalue weighted by Gasteiger charge is -2.36. The molecule has 3 heterocycles. The lowest BCUT2D eigenvalue weighted by atomic mass is 9.86. The van der Waals surface area contributed by atoms with Crippen molar-refractivity contribution >= 4 is 35.8 Å². The van der Waals surface area contributed by atoms with Crippen molar-refractivity contribution in [2.45, 2.75) is 69.6 Å². The molecule has 0 bridgehead atoms. The number of fused-ring (bicyclic) bond motifs is 1. The summed E-state index contributed by atoms with van der Waals surface area (Å²) < 4.78 is 0. The minimum absolute atomic E-state index is 0. The van der Waals surface area contributed by atoms with E-state index in [9.17, 15) is 9.59 Å². The maximum absolute atomic E-state index is 13.5. The van der Waals surface area contributed by atoms with Gasteiger partial charge in [-0.25, -0.2) is 0 Å². The molecule has 3 aliphatic heterocycles. The van der Waals surface area contributed by atoms with Crippen LogP contribution in [0.25, 0.3) is 0 Å². The highest BCUT2D eigenvalue weighted by atomic mass is 35.5. The number of benzene rings is 3. The third kappa shape index (κ3) is 7.98. The molecule has 2 fully saturated rings. The Morgan fingerprint density at radius 3 is 2.42 bits per heavy atom. The summed E-state index contributed by atoms with van der Waals surface area (Å²) in [7, 11) is 0. The molecule has 0 spiro atoms. The average molecular weight is 622 g/mol. The van der Waals surface area contributed by atoms with Gasteiger partial charge in [-0.15, -0.1) is 12.4 Å². The van der Waals surface area contributed by atoms with Crippen LogP contribution in [0.15, 0.2) is 72.8 Å². The van der Waals surface area contributed by atoms with Crippen LogP contribution >= 0.6 is 24.0 Å². The van der Waals surface area contributed by atoms with Gasteiger partial charge in [0.15, 0.2) is 0 Å². The summed E-state index contributed by atoms with van der Waals surface area (Å²) in [6.07, 6.45) is 5.28. The van der Waals surface area contributed by atoms with E-state index in [1.54, 1.807) is 0 Å². The van der Waals surface area contributed by atoms with E-state index in [0.717, 1.165) is 70.0 Å². The molecule has 3 aromatic rings. The zero-order valence-electron chi connectivity index (χ0n) is 24.6. The van der Waals surface area contributed by atoms with Gasteiger partial charge in [0.1, 0.15) is 0 Å². The third-order valence-electron chi connectivity index (χ3n) is 9.23. The van der Waals surface area contributed by atoms with E-state index in [4.69, 9.17) is 11.6 Å². The second-order valence-corrected chi connectivity index (χ2v) is 12.6. The van der Waals surface area contributed by atoms with Crippen LogP contribution in [0.1, 0.15) is 59.4 Å². The molecule has 8 heteroatoms. The number of carbonyl (C=O) groups is 2. The van der Waals surface area contributed by atoms with E-state index in [2.05, 4.69) is 76.2 Å². The first-order chi connectivity index (χ1) is 20.5. The molecule has 0 saturated carbocycles. The summed E-state index contributed by atoms with van der Waals surface area (Å²) in [6, 6.07) is 24.8. The molecule has 0 radical (unpaired) electrons. The molecule has 228 valence electrons. The number of rotatable bonds is 9. The molecule has 6 nitrogen and oxygen atoms in total. The Labute approximate surface area is 266 Å². The van der Waals surface area contributed by atoms with E-state index in [-0.39, 0.29) is 36.3 Å². The van der Waals surface area contributed by atoms with Crippen molar-refractivity contribution in [3.8, 4) is 0 Å². The van der Waals surface area contributed by atoms with Crippen LogP contribution in [0.3, 0.4) is 0 Å². The number of hydrogen-bond donors (Lipinski definition) is 2. The Hall–Kier alpha value is -2.90. The van der Waals surface area contributed by atoms with Crippen molar-refractivity contribution in [1.29, 1.82) is 0 Å². The highest BCUT2D eigenvalue weighted by molar-refractivity contribution is 6.30. The first-order valence-corrected chi connectivity index (χ1v) is 15.8. The van der Waals surface area contributed by atoms with Crippen LogP contribution in [-0.4, -0.2) is 59.9 Å². The number of nitrogens with zero attached hydrogens (tertiary/aromatic N) is 2. The molecule has 2 saturated heterocycles. The highest BCUT2D eigenvalue weighted by Gasteiger charge is 2.29. The van der Waals surface area contributed by atoms with E-state index in [0.29, 0.717) is 18.8 Å². The Bertz CT molecular complexity index is 1390. The van der Waals surface area contributed by atoms with Gasteiger partial charge in [-0.2, -0.15) is 0 Å². The Balaban J connectivity index is 0.00000368. The van der Waals surface area contributed by atoms with Gasteiger partial charge < -0.3 is 20.4 Å². The molecular formula is C35H42Cl2N4O2. The van der Waals surface area contributed by atoms with Crippen molar-refractivity contribution in [3.63, 3.8) is 0 Å². The number of halogens is 2. The van der Waals surface area contributed by atoms with Gasteiger partial charge in [-0.05, 0) is 91.1 Å². The molecule has 0 unspecified atom stereocenters. The monoisotopic (exact) mass is 620 g/mol. The lowest BCUT2D eigenvalue weighted by molar-refractivity contribution is -0.128. The second kappa shape index (κ2) is 14.7. The van der Waals surface area contributed by atoms with Gasteiger partial charge in [0.2, 0.25) is 11.8 Å². The SMILES string of the molecule is Cl.O=C(N[C@H](Cc1ccc(Cl)cc1)CN1CCC(c2ccccc2CN2CCCC2=O)CC1)[C@H]1Cc2ccccc2CN1. The van der Waals surface area contributed by atoms with Gasteiger partial charge in [0.25, 0.3) is 0 Å². The van der Waals surface area contributed by atoms with E-state index >= 15 is 0 Å². The number of nitrogens with one attached hydrogen (secondary N) is 2. The fourth-order valence-corrected chi connectivity index (χ4v) is 7.03. The smallest absolute Gasteiger partial charge is 0.237 e. The van der Waals surface area contributed by atoms with Crippen molar-refractivity contribution in [3.05, 3.63) is 106 Å². The number of amides is 2. The van der Waals surface area contributed by atoms with Gasteiger partial charge in [0.05, 0.1) is 6.04 Å². The number of carbonyl (C=O) groups excluding carboxylic acids is 2. The summed E-state index contributed by atoms with van der Waals surface area (Å²) in [5, 5.41) is 7.58. The Morgan fingerprint density at radius 2 is 1.67 bits per heavy atom. The molecule has 3 aliphatic rings. The maximum atomic E-state index is 13.5. The van der Waals surface area contributed by atoms with Crippen molar-refractivity contribution < 1.29 is 9.59 Å². The molecule has 43 heavy (non-hydrogen) atoms. The fourth-order valence-electron chi connectivity index (χ4n) is 6.90.